The lowest BCUT2D eigenvalue weighted by molar-refractivity contribution is 0.187. The summed E-state index contributed by atoms with van der Waals surface area (Å²) in [6.45, 7) is 3.18. The van der Waals surface area contributed by atoms with Crippen LogP contribution in [0.1, 0.15) is 6.92 Å². The van der Waals surface area contributed by atoms with Crippen LogP contribution in [0.5, 0.6) is 5.75 Å². The monoisotopic (exact) mass is 213 g/mol. The minimum absolute atomic E-state index is 0.261. The van der Waals surface area contributed by atoms with Crippen LogP contribution < -0.4 is 10.1 Å². The molecule has 3 nitrogen and oxygen atoms in total. The minimum Gasteiger partial charge on any atom is -0.489 e. The number of aliphatic hydroxyl groups is 1. The first kappa shape index (κ1) is 11.9. The highest BCUT2D eigenvalue weighted by molar-refractivity contribution is 5.23. The Morgan fingerprint density at radius 2 is 2.20 bits per heavy atom. The van der Waals surface area contributed by atoms with Crippen LogP contribution >= 0.6 is 0 Å². The minimum atomic E-state index is -0.376. The van der Waals surface area contributed by atoms with Crippen molar-refractivity contribution in [2.45, 2.75) is 13.0 Å². The van der Waals surface area contributed by atoms with Crippen molar-refractivity contribution >= 4 is 0 Å². The molecule has 0 bridgehead atoms. The van der Waals surface area contributed by atoms with E-state index in [9.17, 15) is 4.39 Å². The van der Waals surface area contributed by atoms with E-state index in [0.29, 0.717) is 19.7 Å². The molecule has 0 spiro atoms. The number of ether oxygens (including phenoxy) is 1. The molecule has 0 amide bonds. The molecule has 1 atom stereocenters. The molecule has 0 unspecified atom stereocenters. The summed E-state index contributed by atoms with van der Waals surface area (Å²) in [4.78, 5) is 0. The number of para-hydroxylation sites is 1. The van der Waals surface area contributed by atoms with E-state index in [1.54, 1.807) is 25.1 Å². The first-order valence-electron chi connectivity index (χ1n) is 4.96. The topological polar surface area (TPSA) is 41.5 Å². The number of nitrogens with one attached hydrogen (secondary N) is 1. The van der Waals surface area contributed by atoms with Gasteiger partial charge in [-0.05, 0) is 19.1 Å². The molecular formula is C11H16FNO2. The Balaban J connectivity index is 2.18. The molecule has 1 aromatic carbocycles. The largest absolute Gasteiger partial charge is 0.489 e. The standard InChI is InChI=1S/C11H16FNO2/c1-9(14)8-13-6-7-15-11-5-3-2-4-10(11)12/h2-5,9,13-14H,6-8H2,1H3/t9-/m0/s1. The van der Waals surface area contributed by atoms with E-state index in [1.165, 1.54) is 6.07 Å². The number of rotatable bonds is 6. The molecule has 0 aromatic heterocycles. The molecule has 1 rings (SSSR count). The van der Waals surface area contributed by atoms with Gasteiger partial charge in [0.25, 0.3) is 0 Å². The third kappa shape index (κ3) is 4.76. The molecule has 84 valence electrons. The van der Waals surface area contributed by atoms with Gasteiger partial charge >= 0.3 is 0 Å². The number of halogens is 1. The van der Waals surface area contributed by atoms with Gasteiger partial charge in [0.15, 0.2) is 11.6 Å². The second kappa shape index (κ2) is 6.37. The third-order valence-corrected chi connectivity index (χ3v) is 1.81. The van der Waals surface area contributed by atoms with Crippen LogP contribution in [0.4, 0.5) is 4.39 Å². The van der Waals surface area contributed by atoms with Gasteiger partial charge in [-0.1, -0.05) is 12.1 Å². The Kier molecular flexibility index (Phi) is 5.07. The van der Waals surface area contributed by atoms with E-state index in [2.05, 4.69) is 5.32 Å². The van der Waals surface area contributed by atoms with Crippen LogP contribution in [0.3, 0.4) is 0 Å². The summed E-state index contributed by atoms with van der Waals surface area (Å²) in [5.41, 5.74) is 0. The summed E-state index contributed by atoms with van der Waals surface area (Å²) < 4.78 is 18.2. The maximum absolute atomic E-state index is 13.0. The number of aliphatic hydroxyl groups excluding tert-OH is 1. The number of benzene rings is 1. The lowest BCUT2D eigenvalue weighted by Gasteiger charge is -2.09. The van der Waals surface area contributed by atoms with Crippen molar-refractivity contribution in [2.75, 3.05) is 19.7 Å². The zero-order valence-corrected chi connectivity index (χ0v) is 8.74. The third-order valence-electron chi connectivity index (χ3n) is 1.81. The molecule has 0 aliphatic carbocycles. The molecule has 0 saturated carbocycles. The van der Waals surface area contributed by atoms with Crippen molar-refractivity contribution in [3.63, 3.8) is 0 Å². The second-order valence-corrected chi connectivity index (χ2v) is 3.33. The average Bonchev–Trinajstić information content (AvgIpc) is 2.20. The molecule has 0 saturated heterocycles. The van der Waals surface area contributed by atoms with Crippen LogP contribution in [0, 0.1) is 5.82 Å². The maximum atomic E-state index is 13.0. The fourth-order valence-electron chi connectivity index (χ4n) is 1.11. The highest BCUT2D eigenvalue weighted by Gasteiger charge is 2.00. The second-order valence-electron chi connectivity index (χ2n) is 3.33. The Morgan fingerprint density at radius 3 is 2.87 bits per heavy atom. The normalized spacial score (nSPS) is 12.5. The van der Waals surface area contributed by atoms with Crippen LogP contribution in [0.15, 0.2) is 24.3 Å². The molecule has 0 heterocycles. The van der Waals surface area contributed by atoms with E-state index >= 15 is 0 Å². The van der Waals surface area contributed by atoms with E-state index < -0.39 is 0 Å². The molecule has 0 fully saturated rings. The van der Waals surface area contributed by atoms with Gasteiger partial charge in [0, 0.05) is 13.1 Å². The van der Waals surface area contributed by atoms with Gasteiger partial charge in [-0.3, -0.25) is 0 Å². The van der Waals surface area contributed by atoms with Gasteiger partial charge in [0.05, 0.1) is 6.10 Å². The smallest absolute Gasteiger partial charge is 0.165 e. The molecular weight excluding hydrogens is 197 g/mol. The Morgan fingerprint density at radius 1 is 1.47 bits per heavy atom. The van der Waals surface area contributed by atoms with E-state index in [1.807, 2.05) is 0 Å². The summed E-state index contributed by atoms with van der Waals surface area (Å²) in [7, 11) is 0. The highest BCUT2D eigenvalue weighted by Crippen LogP contribution is 2.14. The van der Waals surface area contributed by atoms with E-state index in [-0.39, 0.29) is 17.7 Å². The Hall–Kier alpha value is -1.13. The number of hydrogen-bond donors (Lipinski definition) is 2. The SMILES string of the molecule is C[C@H](O)CNCCOc1ccccc1F. The summed E-state index contributed by atoms with van der Waals surface area (Å²) in [5, 5.41) is 11.9. The predicted molar refractivity (Wildman–Crippen MR) is 56.4 cm³/mol. The van der Waals surface area contributed by atoms with Gasteiger partial charge in [0.2, 0.25) is 0 Å². The molecule has 2 N–H and O–H groups in total. The maximum Gasteiger partial charge on any atom is 0.165 e. The summed E-state index contributed by atoms with van der Waals surface area (Å²) >= 11 is 0. The summed E-state index contributed by atoms with van der Waals surface area (Å²) in [6.07, 6.45) is -0.376. The molecule has 0 radical (unpaired) electrons. The molecule has 4 heteroatoms. The van der Waals surface area contributed by atoms with Crippen molar-refractivity contribution in [1.29, 1.82) is 0 Å². The average molecular weight is 213 g/mol. The Bertz CT molecular complexity index is 292. The fraction of sp³-hybridized carbons (Fsp3) is 0.455. The lowest BCUT2D eigenvalue weighted by atomic mass is 10.3. The van der Waals surface area contributed by atoms with Crippen molar-refractivity contribution in [3.8, 4) is 5.75 Å². The molecule has 1 aromatic rings. The first-order valence-corrected chi connectivity index (χ1v) is 4.96. The first-order chi connectivity index (χ1) is 7.20. The quantitative estimate of drug-likeness (QED) is 0.697. The van der Waals surface area contributed by atoms with Crippen molar-refractivity contribution < 1.29 is 14.2 Å². The van der Waals surface area contributed by atoms with Crippen LogP contribution in [0.25, 0.3) is 0 Å². The molecule has 0 aliphatic rings. The fourth-order valence-corrected chi connectivity index (χ4v) is 1.11. The van der Waals surface area contributed by atoms with Crippen molar-refractivity contribution in [3.05, 3.63) is 30.1 Å². The summed E-state index contributed by atoms with van der Waals surface area (Å²) in [6, 6.07) is 6.29. The predicted octanol–water partition coefficient (Wildman–Crippen LogP) is 1.17. The van der Waals surface area contributed by atoms with Gasteiger partial charge in [-0.25, -0.2) is 4.39 Å². The van der Waals surface area contributed by atoms with Gasteiger partial charge < -0.3 is 15.2 Å². The Labute approximate surface area is 88.9 Å². The van der Waals surface area contributed by atoms with Crippen LogP contribution in [0.2, 0.25) is 0 Å². The van der Waals surface area contributed by atoms with Crippen LogP contribution in [-0.4, -0.2) is 30.9 Å². The van der Waals surface area contributed by atoms with Gasteiger partial charge in [-0.2, -0.15) is 0 Å². The van der Waals surface area contributed by atoms with Crippen LogP contribution in [-0.2, 0) is 0 Å². The zero-order valence-electron chi connectivity index (χ0n) is 8.74. The van der Waals surface area contributed by atoms with Crippen molar-refractivity contribution in [2.24, 2.45) is 0 Å². The van der Waals surface area contributed by atoms with E-state index in [4.69, 9.17) is 9.84 Å². The lowest BCUT2D eigenvalue weighted by Crippen LogP contribution is -2.28. The zero-order chi connectivity index (χ0) is 11.1. The van der Waals surface area contributed by atoms with Gasteiger partial charge in [-0.15, -0.1) is 0 Å². The van der Waals surface area contributed by atoms with E-state index in [0.717, 1.165) is 0 Å². The molecule has 15 heavy (non-hydrogen) atoms. The summed E-state index contributed by atoms with van der Waals surface area (Å²) in [5.74, 6) is -0.0932. The van der Waals surface area contributed by atoms with Gasteiger partial charge in [0.1, 0.15) is 6.61 Å². The molecule has 0 aliphatic heterocycles. The van der Waals surface area contributed by atoms with Crippen molar-refractivity contribution in [1.82, 2.24) is 5.32 Å². The number of hydrogen-bond acceptors (Lipinski definition) is 3. The highest BCUT2D eigenvalue weighted by atomic mass is 19.1.